The fourth-order valence-corrected chi connectivity index (χ4v) is 5.60. The van der Waals surface area contributed by atoms with Crippen LogP contribution >= 0.6 is 0 Å². The van der Waals surface area contributed by atoms with Gasteiger partial charge in [0.2, 0.25) is 11.8 Å². The molecule has 2 amide bonds. The van der Waals surface area contributed by atoms with Crippen LogP contribution in [0, 0.1) is 13.8 Å². The number of nitrogens with one attached hydrogen (secondary N) is 1. The zero-order valence-corrected chi connectivity index (χ0v) is 23.7. The van der Waals surface area contributed by atoms with E-state index in [1.165, 1.54) is 17.0 Å². The van der Waals surface area contributed by atoms with Crippen molar-refractivity contribution in [3.05, 3.63) is 95.6 Å². The second-order valence-corrected chi connectivity index (χ2v) is 12.5. The maximum Gasteiger partial charge on any atom is 0.264 e. The Kier molecular flexibility index (Phi) is 8.99. The van der Waals surface area contributed by atoms with E-state index in [9.17, 15) is 18.0 Å². The average molecular weight is 536 g/mol. The van der Waals surface area contributed by atoms with Gasteiger partial charge < -0.3 is 10.2 Å². The summed E-state index contributed by atoms with van der Waals surface area (Å²) in [4.78, 5) is 28.6. The predicted octanol–water partition coefficient (Wildman–Crippen LogP) is 4.83. The first kappa shape index (κ1) is 28.9. The topological polar surface area (TPSA) is 86.8 Å². The summed E-state index contributed by atoms with van der Waals surface area (Å²) < 4.78 is 28.8. The Morgan fingerprint density at radius 3 is 1.92 bits per heavy atom. The molecule has 0 aliphatic rings. The largest absolute Gasteiger partial charge is 0.350 e. The van der Waals surface area contributed by atoms with Gasteiger partial charge in [-0.1, -0.05) is 54.6 Å². The van der Waals surface area contributed by atoms with E-state index in [1.807, 2.05) is 71.0 Å². The Labute approximate surface area is 226 Å². The quantitative estimate of drug-likeness (QED) is 0.425. The third-order valence-corrected chi connectivity index (χ3v) is 7.75. The molecular formula is C30H37N3O4S. The molecule has 0 spiro atoms. The Morgan fingerprint density at radius 2 is 1.39 bits per heavy atom. The third-order valence-electron chi connectivity index (χ3n) is 5.97. The molecule has 3 rings (SSSR count). The predicted molar refractivity (Wildman–Crippen MR) is 151 cm³/mol. The molecule has 0 aromatic heterocycles. The SMILES string of the molecule is Cc1cc(C)cc(N(CC(=O)N(Cc2ccccc2)C(C)C(=O)NC(C)(C)C)S(=O)(=O)c2ccccc2)c1. The number of hydrogen-bond donors (Lipinski definition) is 1. The molecule has 3 aromatic rings. The first-order chi connectivity index (χ1) is 17.8. The summed E-state index contributed by atoms with van der Waals surface area (Å²) in [5.41, 5.74) is 2.49. The van der Waals surface area contributed by atoms with Gasteiger partial charge in [-0.15, -0.1) is 0 Å². The van der Waals surface area contributed by atoms with E-state index in [4.69, 9.17) is 0 Å². The molecule has 8 heteroatoms. The van der Waals surface area contributed by atoms with Crippen molar-refractivity contribution in [2.75, 3.05) is 10.8 Å². The maximum atomic E-state index is 13.9. The monoisotopic (exact) mass is 535 g/mol. The zero-order valence-electron chi connectivity index (χ0n) is 22.9. The van der Waals surface area contributed by atoms with Gasteiger partial charge in [0.15, 0.2) is 0 Å². The van der Waals surface area contributed by atoms with Crippen LogP contribution in [0.3, 0.4) is 0 Å². The van der Waals surface area contributed by atoms with Crippen LogP contribution in [0.5, 0.6) is 0 Å². The Bertz CT molecular complexity index is 1350. The summed E-state index contributed by atoms with van der Waals surface area (Å²) >= 11 is 0. The van der Waals surface area contributed by atoms with Crippen LogP contribution in [0.4, 0.5) is 5.69 Å². The molecule has 0 radical (unpaired) electrons. The van der Waals surface area contributed by atoms with E-state index in [0.29, 0.717) is 5.69 Å². The van der Waals surface area contributed by atoms with E-state index >= 15 is 0 Å². The van der Waals surface area contributed by atoms with Crippen molar-refractivity contribution in [3.63, 3.8) is 0 Å². The van der Waals surface area contributed by atoms with Crippen molar-refractivity contribution in [2.24, 2.45) is 0 Å². The molecule has 1 atom stereocenters. The number of nitrogens with zero attached hydrogens (tertiary/aromatic N) is 2. The van der Waals surface area contributed by atoms with Crippen LogP contribution in [0.1, 0.15) is 44.4 Å². The number of sulfonamides is 1. The Morgan fingerprint density at radius 1 is 0.868 bits per heavy atom. The van der Waals surface area contributed by atoms with Crippen LogP contribution in [-0.2, 0) is 26.2 Å². The molecule has 1 unspecified atom stereocenters. The summed E-state index contributed by atoms with van der Waals surface area (Å²) in [6.45, 7) is 10.7. The summed E-state index contributed by atoms with van der Waals surface area (Å²) in [6.07, 6.45) is 0. The summed E-state index contributed by atoms with van der Waals surface area (Å²) in [6, 6.07) is 22.0. The molecule has 0 fully saturated rings. The van der Waals surface area contributed by atoms with Gasteiger partial charge in [0.1, 0.15) is 12.6 Å². The van der Waals surface area contributed by atoms with Crippen molar-refractivity contribution in [1.82, 2.24) is 10.2 Å². The number of aryl methyl sites for hydroxylation is 2. The number of carbonyl (C=O) groups excluding carboxylic acids is 2. The van der Waals surface area contributed by atoms with Crippen LogP contribution in [0.15, 0.2) is 83.8 Å². The van der Waals surface area contributed by atoms with Gasteiger partial charge in [0.05, 0.1) is 10.6 Å². The molecular weight excluding hydrogens is 498 g/mol. The number of amides is 2. The highest BCUT2D eigenvalue weighted by Crippen LogP contribution is 2.26. The molecule has 0 bridgehead atoms. The van der Waals surface area contributed by atoms with E-state index in [0.717, 1.165) is 21.0 Å². The molecule has 38 heavy (non-hydrogen) atoms. The van der Waals surface area contributed by atoms with Crippen LogP contribution < -0.4 is 9.62 Å². The second-order valence-electron chi connectivity index (χ2n) is 10.6. The van der Waals surface area contributed by atoms with Gasteiger partial charge in [-0.3, -0.25) is 13.9 Å². The minimum absolute atomic E-state index is 0.0834. The smallest absolute Gasteiger partial charge is 0.264 e. The molecule has 0 saturated carbocycles. The molecule has 0 aliphatic carbocycles. The molecule has 7 nitrogen and oxygen atoms in total. The van der Waals surface area contributed by atoms with Crippen LogP contribution in [0.2, 0.25) is 0 Å². The van der Waals surface area contributed by atoms with Crippen molar-refractivity contribution in [2.45, 2.75) is 64.6 Å². The second kappa shape index (κ2) is 11.8. The van der Waals surface area contributed by atoms with Gasteiger partial charge >= 0.3 is 0 Å². The van der Waals surface area contributed by atoms with E-state index in [-0.39, 0.29) is 17.3 Å². The van der Waals surface area contributed by atoms with Gasteiger partial charge in [-0.2, -0.15) is 0 Å². The lowest BCUT2D eigenvalue weighted by Crippen LogP contribution is -2.54. The normalized spacial score (nSPS) is 12.5. The first-order valence-corrected chi connectivity index (χ1v) is 14.0. The van der Waals surface area contributed by atoms with E-state index in [2.05, 4.69) is 5.32 Å². The van der Waals surface area contributed by atoms with Crippen molar-refractivity contribution >= 4 is 27.5 Å². The highest BCUT2D eigenvalue weighted by molar-refractivity contribution is 7.92. The number of hydrogen-bond acceptors (Lipinski definition) is 4. The maximum absolute atomic E-state index is 13.9. The lowest BCUT2D eigenvalue weighted by molar-refractivity contribution is -0.140. The molecule has 0 aliphatic heterocycles. The molecule has 0 heterocycles. The minimum atomic E-state index is -4.08. The fourth-order valence-electron chi connectivity index (χ4n) is 4.18. The highest BCUT2D eigenvalue weighted by atomic mass is 32.2. The first-order valence-electron chi connectivity index (χ1n) is 12.6. The van der Waals surface area contributed by atoms with Gasteiger partial charge in [-0.25, -0.2) is 8.42 Å². The van der Waals surface area contributed by atoms with Crippen molar-refractivity contribution < 1.29 is 18.0 Å². The summed E-state index contributed by atoms with van der Waals surface area (Å²) in [7, 11) is -4.08. The zero-order chi connectivity index (χ0) is 28.1. The van der Waals surface area contributed by atoms with E-state index < -0.39 is 34.1 Å². The van der Waals surface area contributed by atoms with Crippen molar-refractivity contribution in [1.29, 1.82) is 0 Å². The highest BCUT2D eigenvalue weighted by Gasteiger charge is 2.33. The van der Waals surface area contributed by atoms with Gasteiger partial charge in [0, 0.05) is 12.1 Å². The van der Waals surface area contributed by atoms with Crippen molar-refractivity contribution in [3.8, 4) is 0 Å². The summed E-state index contributed by atoms with van der Waals surface area (Å²) in [5, 5.41) is 2.93. The molecule has 1 N–H and O–H groups in total. The molecule has 3 aromatic carbocycles. The van der Waals surface area contributed by atoms with Gasteiger partial charge in [0.25, 0.3) is 10.0 Å². The fraction of sp³-hybridized carbons (Fsp3) is 0.333. The lowest BCUT2D eigenvalue weighted by Gasteiger charge is -2.33. The molecule has 0 saturated heterocycles. The minimum Gasteiger partial charge on any atom is -0.350 e. The summed E-state index contributed by atoms with van der Waals surface area (Å²) in [5.74, 6) is -0.797. The van der Waals surface area contributed by atoms with Crippen LogP contribution in [-0.4, -0.2) is 43.3 Å². The standard InChI is InChI=1S/C30H37N3O4S/c1-22-17-23(2)19-26(18-22)33(38(36,37)27-15-11-8-12-16-27)21-28(34)32(20-25-13-9-7-10-14-25)24(3)29(35)31-30(4,5)6/h7-19,24H,20-21H2,1-6H3,(H,31,35). The van der Waals surface area contributed by atoms with Gasteiger partial charge in [-0.05, 0) is 82.5 Å². The van der Waals surface area contributed by atoms with Crippen LogP contribution in [0.25, 0.3) is 0 Å². The number of benzene rings is 3. The number of anilines is 1. The lowest BCUT2D eigenvalue weighted by atomic mass is 10.1. The Hall–Kier alpha value is -3.65. The van der Waals surface area contributed by atoms with E-state index in [1.54, 1.807) is 37.3 Å². The average Bonchev–Trinajstić information content (AvgIpc) is 2.84. The number of rotatable bonds is 9. The third kappa shape index (κ3) is 7.44. The number of carbonyl (C=O) groups is 2. The Balaban J connectivity index is 2.05. The molecule has 202 valence electrons.